The van der Waals surface area contributed by atoms with Gasteiger partial charge in [0.2, 0.25) is 5.91 Å². The van der Waals surface area contributed by atoms with Crippen molar-refractivity contribution < 1.29 is 19.0 Å². The van der Waals surface area contributed by atoms with Crippen LogP contribution in [0.2, 0.25) is 0 Å². The van der Waals surface area contributed by atoms with E-state index in [1.807, 2.05) is 13.0 Å². The van der Waals surface area contributed by atoms with E-state index < -0.39 is 6.10 Å². The zero-order valence-electron chi connectivity index (χ0n) is 14.4. The molecule has 0 fully saturated rings. The molecule has 0 aliphatic carbocycles. The summed E-state index contributed by atoms with van der Waals surface area (Å²) in [5.41, 5.74) is 1.55. The Morgan fingerprint density at radius 2 is 2.04 bits per heavy atom. The first-order valence-corrected chi connectivity index (χ1v) is 8.18. The number of hydrogen-bond donors (Lipinski definition) is 2. The lowest BCUT2D eigenvalue weighted by Crippen LogP contribution is -2.33. The fraction of sp³-hybridized carbons (Fsp3) is 0.368. The summed E-state index contributed by atoms with van der Waals surface area (Å²) in [5.74, 6) is 0.222. The van der Waals surface area contributed by atoms with E-state index in [9.17, 15) is 14.3 Å². The number of aliphatic hydroxyl groups excluding tert-OH is 1. The van der Waals surface area contributed by atoms with Gasteiger partial charge in [-0.15, -0.1) is 0 Å². The summed E-state index contributed by atoms with van der Waals surface area (Å²) in [6.07, 6.45) is 3.81. The minimum Gasteiger partial charge on any atom is -0.495 e. The smallest absolute Gasteiger partial charge is 0.220 e. The van der Waals surface area contributed by atoms with Crippen LogP contribution < -0.4 is 10.1 Å². The van der Waals surface area contributed by atoms with E-state index in [0.717, 1.165) is 5.56 Å². The van der Waals surface area contributed by atoms with Crippen molar-refractivity contribution in [2.45, 2.75) is 38.3 Å². The Balaban J connectivity index is 1.78. The topological polar surface area (TPSA) is 71.5 Å². The average Bonchev–Trinajstić information content (AvgIpc) is 2.60. The van der Waals surface area contributed by atoms with Crippen LogP contribution in [-0.2, 0) is 11.2 Å². The van der Waals surface area contributed by atoms with Crippen molar-refractivity contribution in [2.75, 3.05) is 7.11 Å². The van der Waals surface area contributed by atoms with E-state index in [2.05, 4.69) is 10.3 Å². The first-order chi connectivity index (χ1) is 12.0. The van der Waals surface area contributed by atoms with Crippen molar-refractivity contribution in [1.29, 1.82) is 0 Å². The van der Waals surface area contributed by atoms with Crippen LogP contribution in [0.15, 0.2) is 42.7 Å². The lowest BCUT2D eigenvalue weighted by molar-refractivity contribution is -0.121. The number of pyridine rings is 1. The standard InChI is InChI=1S/C19H23FN2O3/c1-13(9-18(23)15-4-6-16(20)7-5-15)22-19(24)8-3-14-10-17(25-2)12-21-11-14/h4-7,10-13,18,23H,3,8-9H2,1-2H3,(H,22,24). The maximum atomic E-state index is 12.9. The van der Waals surface area contributed by atoms with Gasteiger partial charge in [0.15, 0.2) is 0 Å². The molecule has 0 radical (unpaired) electrons. The highest BCUT2D eigenvalue weighted by Crippen LogP contribution is 2.18. The molecule has 1 amide bonds. The van der Waals surface area contributed by atoms with Gasteiger partial charge in [-0.25, -0.2) is 4.39 Å². The number of halogens is 1. The Morgan fingerprint density at radius 3 is 2.72 bits per heavy atom. The fourth-order valence-corrected chi connectivity index (χ4v) is 2.53. The number of aliphatic hydroxyl groups is 1. The summed E-state index contributed by atoms with van der Waals surface area (Å²) in [4.78, 5) is 16.1. The number of methoxy groups -OCH3 is 1. The molecule has 0 bridgehead atoms. The van der Waals surface area contributed by atoms with E-state index in [4.69, 9.17) is 4.74 Å². The highest BCUT2D eigenvalue weighted by Gasteiger charge is 2.14. The van der Waals surface area contributed by atoms with Gasteiger partial charge in [-0.2, -0.15) is 0 Å². The fourth-order valence-electron chi connectivity index (χ4n) is 2.53. The molecule has 0 aliphatic rings. The van der Waals surface area contributed by atoms with Crippen molar-refractivity contribution >= 4 is 5.91 Å². The molecule has 2 unspecified atom stereocenters. The van der Waals surface area contributed by atoms with E-state index >= 15 is 0 Å². The SMILES string of the molecule is COc1cncc(CCC(=O)NC(C)CC(O)c2ccc(F)cc2)c1. The summed E-state index contributed by atoms with van der Waals surface area (Å²) >= 11 is 0. The predicted molar refractivity (Wildman–Crippen MR) is 92.7 cm³/mol. The van der Waals surface area contributed by atoms with Gasteiger partial charge in [0.25, 0.3) is 0 Å². The number of nitrogens with zero attached hydrogens (tertiary/aromatic N) is 1. The van der Waals surface area contributed by atoms with Gasteiger partial charge in [-0.1, -0.05) is 12.1 Å². The normalized spacial score (nSPS) is 13.1. The number of hydrogen-bond acceptors (Lipinski definition) is 4. The third kappa shape index (κ3) is 6.15. The summed E-state index contributed by atoms with van der Waals surface area (Å²) < 4.78 is 18.0. The zero-order chi connectivity index (χ0) is 18.2. The van der Waals surface area contributed by atoms with Gasteiger partial charge in [-0.3, -0.25) is 9.78 Å². The van der Waals surface area contributed by atoms with Crippen LogP contribution in [0.25, 0.3) is 0 Å². The summed E-state index contributed by atoms with van der Waals surface area (Å²) in [7, 11) is 1.57. The molecule has 2 atom stereocenters. The van der Waals surface area contributed by atoms with Crippen LogP contribution in [-0.4, -0.2) is 29.1 Å². The number of aryl methyl sites for hydroxylation is 1. The molecular formula is C19H23FN2O3. The van der Waals surface area contributed by atoms with Gasteiger partial charge in [-0.05, 0) is 49.1 Å². The van der Waals surface area contributed by atoms with E-state index in [1.54, 1.807) is 31.6 Å². The maximum Gasteiger partial charge on any atom is 0.220 e. The Bertz CT molecular complexity index is 691. The second kappa shape index (κ2) is 9.13. The van der Waals surface area contributed by atoms with Crippen molar-refractivity contribution in [2.24, 2.45) is 0 Å². The van der Waals surface area contributed by atoms with Crippen molar-refractivity contribution in [1.82, 2.24) is 10.3 Å². The van der Waals surface area contributed by atoms with Gasteiger partial charge in [0.1, 0.15) is 11.6 Å². The Labute approximate surface area is 146 Å². The van der Waals surface area contributed by atoms with Crippen molar-refractivity contribution in [3.63, 3.8) is 0 Å². The van der Waals surface area contributed by atoms with E-state index in [0.29, 0.717) is 30.6 Å². The molecular weight excluding hydrogens is 323 g/mol. The Kier molecular flexibility index (Phi) is 6.89. The quantitative estimate of drug-likeness (QED) is 0.771. The van der Waals surface area contributed by atoms with Crippen LogP contribution in [0.5, 0.6) is 5.75 Å². The molecule has 2 aromatic rings. The third-order valence-electron chi connectivity index (χ3n) is 3.89. The molecule has 5 nitrogen and oxygen atoms in total. The van der Waals surface area contributed by atoms with Gasteiger partial charge >= 0.3 is 0 Å². The number of carbonyl (C=O) groups is 1. The number of ether oxygens (including phenoxy) is 1. The number of benzene rings is 1. The van der Waals surface area contributed by atoms with Crippen LogP contribution in [0.1, 0.15) is 37.0 Å². The average molecular weight is 346 g/mol. The minimum atomic E-state index is -0.751. The molecule has 0 saturated heterocycles. The number of aromatic nitrogens is 1. The molecule has 0 aliphatic heterocycles. The van der Waals surface area contributed by atoms with E-state index in [1.165, 1.54) is 12.1 Å². The van der Waals surface area contributed by atoms with Gasteiger partial charge in [0.05, 0.1) is 19.4 Å². The summed E-state index contributed by atoms with van der Waals surface area (Å²) in [5, 5.41) is 13.0. The van der Waals surface area contributed by atoms with Crippen LogP contribution in [0.4, 0.5) is 4.39 Å². The molecule has 134 valence electrons. The van der Waals surface area contributed by atoms with Crippen LogP contribution in [0, 0.1) is 5.82 Å². The summed E-state index contributed by atoms with van der Waals surface area (Å²) in [6, 6.07) is 7.36. The third-order valence-corrected chi connectivity index (χ3v) is 3.89. The van der Waals surface area contributed by atoms with Crippen LogP contribution in [0.3, 0.4) is 0 Å². The zero-order valence-corrected chi connectivity index (χ0v) is 14.4. The van der Waals surface area contributed by atoms with Crippen LogP contribution >= 0.6 is 0 Å². The minimum absolute atomic E-state index is 0.0957. The predicted octanol–water partition coefficient (Wildman–Crippen LogP) is 2.79. The molecule has 25 heavy (non-hydrogen) atoms. The van der Waals surface area contributed by atoms with Gasteiger partial charge in [0, 0.05) is 18.7 Å². The highest BCUT2D eigenvalue weighted by molar-refractivity contribution is 5.76. The lowest BCUT2D eigenvalue weighted by atomic mass is 10.0. The number of amides is 1. The van der Waals surface area contributed by atoms with Crippen molar-refractivity contribution in [3.8, 4) is 5.75 Å². The van der Waals surface area contributed by atoms with Gasteiger partial charge < -0.3 is 15.2 Å². The first-order valence-electron chi connectivity index (χ1n) is 8.18. The molecule has 1 heterocycles. The molecule has 0 saturated carbocycles. The molecule has 2 rings (SSSR count). The second-order valence-corrected chi connectivity index (χ2v) is 6.00. The molecule has 2 N–H and O–H groups in total. The number of rotatable bonds is 8. The summed E-state index contributed by atoms with van der Waals surface area (Å²) in [6.45, 7) is 1.83. The Morgan fingerprint density at radius 1 is 1.32 bits per heavy atom. The highest BCUT2D eigenvalue weighted by atomic mass is 19.1. The lowest BCUT2D eigenvalue weighted by Gasteiger charge is -2.18. The van der Waals surface area contributed by atoms with E-state index in [-0.39, 0.29) is 17.8 Å². The number of carbonyl (C=O) groups excluding carboxylic acids is 1. The second-order valence-electron chi connectivity index (χ2n) is 6.00. The Hall–Kier alpha value is -2.47. The van der Waals surface area contributed by atoms with Crippen molar-refractivity contribution in [3.05, 3.63) is 59.7 Å². The first kappa shape index (κ1) is 18.9. The largest absolute Gasteiger partial charge is 0.495 e. The molecule has 1 aromatic carbocycles. The number of nitrogens with one attached hydrogen (secondary N) is 1. The monoisotopic (exact) mass is 346 g/mol. The molecule has 0 spiro atoms. The molecule has 6 heteroatoms. The molecule has 1 aromatic heterocycles. The maximum absolute atomic E-state index is 12.9.